The van der Waals surface area contributed by atoms with Crippen LogP contribution in [0.2, 0.25) is 0 Å². The second kappa shape index (κ2) is 7.83. The first-order valence-corrected chi connectivity index (χ1v) is 10.6. The molecule has 9 nitrogen and oxygen atoms in total. The molecular weight excluding hydrogens is 372 g/mol. The van der Waals surface area contributed by atoms with Crippen LogP contribution in [0.4, 0.5) is 5.69 Å². The molecule has 2 aliphatic rings. The third-order valence-electron chi connectivity index (χ3n) is 4.77. The molecule has 0 radical (unpaired) electrons. The Bertz CT molecular complexity index is 828. The minimum Gasteiger partial charge on any atom is -0.477 e. The van der Waals surface area contributed by atoms with Gasteiger partial charge in [0.25, 0.3) is 5.91 Å². The van der Waals surface area contributed by atoms with E-state index in [0.29, 0.717) is 44.0 Å². The largest absolute Gasteiger partial charge is 0.477 e. The van der Waals surface area contributed by atoms with Crippen molar-refractivity contribution in [3.63, 3.8) is 0 Å². The summed E-state index contributed by atoms with van der Waals surface area (Å²) < 4.78 is 30.5. The molecule has 2 heterocycles. The van der Waals surface area contributed by atoms with Crippen LogP contribution in [0.25, 0.3) is 0 Å². The highest BCUT2D eigenvalue weighted by Gasteiger charge is 2.33. The van der Waals surface area contributed by atoms with E-state index in [1.807, 2.05) is 4.90 Å². The topological polar surface area (TPSA) is 113 Å². The summed E-state index contributed by atoms with van der Waals surface area (Å²) >= 11 is 0. The van der Waals surface area contributed by atoms with Crippen LogP contribution < -0.4 is 15.4 Å². The lowest BCUT2D eigenvalue weighted by Crippen LogP contribution is -2.51. The Kier molecular flexibility index (Phi) is 5.68. The normalized spacial score (nSPS) is 21.8. The zero-order valence-electron chi connectivity index (χ0n) is 15.2. The number of ether oxygens (including phenoxy) is 1. The Morgan fingerprint density at radius 2 is 1.93 bits per heavy atom. The second-order valence-electron chi connectivity index (χ2n) is 6.77. The fourth-order valence-electron chi connectivity index (χ4n) is 3.33. The molecule has 2 N–H and O–H groups in total. The molecule has 1 saturated heterocycles. The number of carbonyl (C=O) groups excluding carboxylic acids is 2. The van der Waals surface area contributed by atoms with Crippen molar-refractivity contribution < 1.29 is 22.7 Å². The minimum absolute atomic E-state index is 0.0640. The van der Waals surface area contributed by atoms with Crippen molar-refractivity contribution in [3.8, 4) is 5.75 Å². The van der Waals surface area contributed by atoms with Crippen LogP contribution in [0.1, 0.15) is 6.42 Å². The highest BCUT2D eigenvalue weighted by molar-refractivity contribution is 7.88. The van der Waals surface area contributed by atoms with E-state index in [9.17, 15) is 18.0 Å². The molecule has 0 spiro atoms. The number of primary amides is 1. The van der Waals surface area contributed by atoms with E-state index in [1.165, 1.54) is 15.5 Å². The first kappa shape index (κ1) is 19.6. The van der Waals surface area contributed by atoms with Gasteiger partial charge in [-0.05, 0) is 25.1 Å². The average Bonchev–Trinajstić information content (AvgIpc) is 2.86. The van der Waals surface area contributed by atoms with E-state index >= 15 is 0 Å². The van der Waals surface area contributed by atoms with Crippen molar-refractivity contribution in [2.75, 3.05) is 50.4 Å². The van der Waals surface area contributed by atoms with E-state index in [1.54, 1.807) is 24.3 Å². The predicted molar refractivity (Wildman–Crippen MR) is 99.9 cm³/mol. The van der Waals surface area contributed by atoms with Crippen LogP contribution in [0.15, 0.2) is 24.3 Å². The molecule has 1 aromatic rings. The molecule has 3 rings (SSSR count). The van der Waals surface area contributed by atoms with Crippen LogP contribution in [0.3, 0.4) is 0 Å². The summed E-state index contributed by atoms with van der Waals surface area (Å²) in [6.45, 7) is 2.11. The number of nitrogens with zero attached hydrogens (tertiary/aromatic N) is 3. The van der Waals surface area contributed by atoms with Gasteiger partial charge in [-0.25, -0.2) is 12.7 Å². The molecule has 0 unspecified atom stereocenters. The number of anilines is 1. The molecule has 2 aliphatic heterocycles. The maximum absolute atomic E-state index is 12.9. The highest BCUT2D eigenvalue weighted by atomic mass is 32.2. The van der Waals surface area contributed by atoms with Crippen LogP contribution >= 0.6 is 0 Å². The molecule has 1 aromatic carbocycles. The van der Waals surface area contributed by atoms with Crippen molar-refractivity contribution in [1.29, 1.82) is 0 Å². The molecule has 10 heteroatoms. The van der Waals surface area contributed by atoms with Gasteiger partial charge in [0.2, 0.25) is 15.9 Å². The second-order valence-corrected chi connectivity index (χ2v) is 8.76. The van der Waals surface area contributed by atoms with Crippen molar-refractivity contribution >= 4 is 27.5 Å². The number of hydrogen-bond donors (Lipinski definition) is 1. The Hall–Kier alpha value is -2.17. The Morgan fingerprint density at radius 1 is 1.19 bits per heavy atom. The molecule has 0 saturated carbocycles. The zero-order valence-corrected chi connectivity index (χ0v) is 16.0. The number of amides is 2. The number of carbonyl (C=O) groups is 2. The number of benzene rings is 1. The first-order chi connectivity index (χ1) is 12.8. The molecule has 0 aliphatic carbocycles. The van der Waals surface area contributed by atoms with Crippen LogP contribution in [-0.2, 0) is 19.6 Å². The van der Waals surface area contributed by atoms with E-state index in [2.05, 4.69) is 0 Å². The summed E-state index contributed by atoms with van der Waals surface area (Å²) in [5, 5.41) is 0. The van der Waals surface area contributed by atoms with Gasteiger partial charge >= 0.3 is 0 Å². The summed E-state index contributed by atoms with van der Waals surface area (Å²) in [5.74, 6) is -0.356. The Morgan fingerprint density at radius 3 is 2.63 bits per heavy atom. The van der Waals surface area contributed by atoms with E-state index in [-0.39, 0.29) is 19.0 Å². The van der Waals surface area contributed by atoms with Crippen molar-refractivity contribution in [2.24, 2.45) is 5.73 Å². The van der Waals surface area contributed by atoms with Crippen molar-refractivity contribution in [1.82, 2.24) is 9.21 Å². The Balaban J connectivity index is 1.71. The number of hydrogen-bond acceptors (Lipinski definition) is 6. The van der Waals surface area contributed by atoms with Gasteiger partial charge in [-0.1, -0.05) is 12.1 Å². The van der Waals surface area contributed by atoms with Gasteiger partial charge in [0.05, 0.1) is 25.0 Å². The van der Waals surface area contributed by atoms with Crippen molar-refractivity contribution in [2.45, 2.75) is 12.5 Å². The SMILES string of the molecule is CS(=O)(=O)N1CCCN(CC(=O)N2C[C@H](C(N)=O)Oc3ccccc32)CC1. The average molecular weight is 396 g/mol. The quantitative estimate of drug-likeness (QED) is 0.715. The number of rotatable bonds is 4. The third kappa shape index (κ3) is 4.57. The van der Waals surface area contributed by atoms with Gasteiger partial charge in [0, 0.05) is 19.6 Å². The number of para-hydroxylation sites is 2. The minimum atomic E-state index is -3.23. The molecule has 27 heavy (non-hydrogen) atoms. The van der Waals surface area contributed by atoms with Crippen LogP contribution in [0.5, 0.6) is 5.75 Å². The summed E-state index contributed by atoms with van der Waals surface area (Å²) in [5.41, 5.74) is 5.98. The van der Waals surface area contributed by atoms with E-state index < -0.39 is 22.0 Å². The van der Waals surface area contributed by atoms with Gasteiger partial charge in [-0.2, -0.15) is 0 Å². The molecule has 0 aromatic heterocycles. The van der Waals surface area contributed by atoms with Gasteiger partial charge < -0.3 is 15.4 Å². The summed E-state index contributed by atoms with van der Waals surface area (Å²) in [7, 11) is -3.23. The van der Waals surface area contributed by atoms with Crippen LogP contribution in [-0.4, -0.2) is 81.1 Å². The lowest BCUT2D eigenvalue weighted by Gasteiger charge is -2.34. The third-order valence-corrected chi connectivity index (χ3v) is 6.07. The fraction of sp³-hybridized carbons (Fsp3) is 0.529. The fourth-order valence-corrected chi connectivity index (χ4v) is 4.21. The van der Waals surface area contributed by atoms with Gasteiger partial charge in [0.15, 0.2) is 6.10 Å². The summed E-state index contributed by atoms with van der Waals surface area (Å²) in [6, 6.07) is 7.02. The molecule has 2 amide bonds. The van der Waals surface area contributed by atoms with Crippen LogP contribution in [0, 0.1) is 0 Å². The first-order valence-electron chi connectivity index (χ1n) is 8.78. The van der Waals surface area contributed by atoms with Gasteiger partial charge in [0.1, 0.15) is 5.75 Å². The smallest absolute Gasteiger partial charge is 0.260 e. The predicted octanol–water partition coefficient (Wildman–Crippen LogP) is -0.767. The lowest BCUT2D eigenvalue weighted by atomic mass is 10.1. The van der Waals surface area contributed by atoms with E-state index in [4.69, 9.17) is 10.5 Å². The van der Waals surface area contributed by atoms with Crippen molar-refractivity contribution in [3.05, 3.63) is 24.3 Å². The van der Waals surface area contributed by atoms with Gasteiger partial charge in [-0.15, -0.1) is 0 Å². The standard InChI is InChI=1S/C17H24N4O5S/c1-27(24,25)20-8-4-7-19(9-10-20)12-16(22)21-11-15(17(18)23)26-14-6-3-2-5-13(14)21/h2-3,5-6,15H,4,7-12H2,1H3,(H2,18,23)/t15-/m1/s1. The Labute approximate surface area is 158 Å². The lowest BCUT2D eigenvalue weighted by molar-refractivity contribution is -0.125. The molecule has 1 fully saturated rings. The van der Waals surface area contributed by atoms with Gasteiger partial charge in [-0.3, -0.25) is 14.5 Å². The van der Waals surface area contributed by atoms with E-state index in [0.717, 1.165) is 0 Å². The summed E-state index contributed by atoms with van der Waals surface area (Å²) in [6.07, 6.45) is 0.959. The monoisotopic (exact) mass is 396 g/mol. The number of fused-ring (bicyclic) bond motifs is 1. The maximum Gasteiger partial charge on any atom is 0.260 e. The summed E-state index contributed by atoms with van der Waals surface area (Å²) in [4.78, 5) is 28.0. The zero-order chi connectivity index (χ0) is 19.6. The maximum atomic E-state index is 12.9. The number of sulfonamides is 1. The number of nitrogens with two attached hydrogens (primary N) is 1. The molecule has 1 atom stereocenters. The molecular formula is C17H24N4O5S. The molecule has 0 bridgehead atoms. The molecule has 148 valence electrons. The highest BCUT2D eigenvalue weighted by Crippen LogP contribution is 2.33.